The van der Waals surface area contributed by atoms with Gasteiger partial charge in [-0.2, -0.15) is 0 Å². The van der Waals surface area contributed by atoms with Crippen LogP contribution in [0.2, 0.25) is 0 Å². The van der Waals surface area contributed by atoms with Crippen molar-refractivity contribution in [2.75, 3.05) is 34.2 Å². The van der Waals surface area contributed by atoms with Crippen molar-refractivity contribution in [1.29, 1.82) is 0 Å². The fourth-order valence-electron chi connectivity index (χ4n) is 3.93. The molecule has 0 aliphatic heterocycles. The summed E-state index contributed by atoms with van der Waals surface area (Å²) in [5.41, 5.74) is 0. The van der Waals surface area contributed by atoms with E-state index in [1.807, 2.05) is 0 Å². The first-order chi connectivity index (χ1) is 15.0. The maximum Gasteiger partial charge on any atom is 0.219 e. The van der Waals surface area contributed by atoms with E-state index in [1.54, 1.807) is 0 Å². The highest BCUT2D eigenvalue weighted by Gasteiger charge is 2.06. The van der Waals surface area contributed by atoms with Crippen LogP contribution in [0.15, 0.2) is 12.2 Å². The largest absolute Gasteiger partial charge is 0.356 e. The predicted molar refractivity (Wildman–Crippen MR) is 138 cm³/mol. The van der Waals surface area contributed by atoms with Crippen LogP contribution >= 0.6 is 0 Å². The zero-order chi connectivity index (χ0) is 23.0. The molecular weight excluding hydrogens is 380 g/mol. The van der Waals surface area contributed by atoms with Crippen molar-refractivity contribution in [3.8, 4) is 0 Å². The molecule has 0 radical (unpaired) electrons. The summed E-state index contributed by atoms with van der Waals surface area (Å²) < 4.78 is 0.965. The first kappa shape index (κ1) is 30.2. The van der Waals surface area contributed by atoms with Crippen LogP contribution in [0.3, 0.4) is 0 Å². The lowest BCUT2D eigenvalue weighted by Crippen LogP contribution is -2.37. The summed E-state index contributed by atoms with van der Waals surface area (Å²) in [5.74, 6) is 0.238. The average Bonchev–Trinajstić information content (AvgIpc) is 2.72. The molecule has 0 rings (SSSR count). The van der Waals surface area contributed by atoms with Crippen LogP contribution in [-0.4, -0.2) is 44.6 Å². The Morgan fingerprint density at radius 3 is 1.58 bits per heavy atom. The van der Waals surface area contributed by atoms with Crippen molar-refractivity contribution in [1.82, 2.24) is 5.32 Å². The quantitative estimate of drug-likeness (QED) is 0.0986. The van der Waals surface area contributed by atoms with Gasteiger partial charge in [-0.15, -0.1) is 0 Å². The molecule has 184 valence electrons. The third kappa shape index (κ3) is 27.1. The lowest BCUT2D eigenvalue weighted by molar-refractivity contribution is -0.870. The Morgan fingerprint density at radius 1 is 0.645 bits per heavy atom. The summed E-state index contributed by atoms with van der Waals surface area (Å²) in [4.78, 5) is 11.8. The topological polar surface area (TPSA) is 29.1 Å². The molecule has 0 unspecified atom stereocenters. The third-order valence-corrected chi connectivity index (χ3v) is 5.99. The smallest absolute Gasteiger partial charge is 0.219 e. The fraction of sp³-hybridized carbons (Fsp3) is 0.893. The molecule has 1 N–H and O–H groups in total. The van der Waals surface area contributed by atoms with Crippen LogP contribution in [0.5, 0.6) is 0 Å². The predicted octanol–water partition coefficient (Wildman–Crippen LogP) is 7.80. The molecule has 1 amide bonds. The van der Waals surface area contributed by atoms with Gasteiger partial charge < -0.3 is 9.80 Å². The Hall–Kier alpha value is -0.830. The van der Waals surface area contributed by atoms with Gasteiger partial charge in [0.05, 0.1) is 27.7 Å². The Bertz CT molecular complexity index is 412. The number of nitrogens with one attached hydrogen (secondary N) is 1. The molecule has 0 saturated carbocycles. The van der Waals surface area contributed by atoms with E-state index in [-0.39, 0.29) is 5.91 Å². The van der Waals surface area contributed by atoms with E-state index >= 15 is 0 Å². The highest BCUT2D eigenvalue weighted by Crippen LogP contribution is 2.12. The molecule has 0 bridgehead atoms. The maximum absolute atomic E-state index is 11.8. The van der Waals surface area contributed by atoms with Crippen LogP contribution in [-0.2, 0) is 4.79 Å². The number of rotatable bonds is 23. The van der Waals surface area contributed by atoms with Crippen molar-refractivity contribution in [3.05, 3.63) is 12.2 Å². The van der Waals surface area contributed by atoms with E-state index in [4.69, 9.17) is 0 Å². The SMILES string of the molecule is CCCCCCCC/C=C\CCCCCCCCCCCC(=O)NCCC[N+](C)(C)C. The molecule has 0 spiro atoms. The van der Waals surface area contributed by atoms with E-state index in [0.29, 0.717) is 6.42 Å². The summed E-state index contributed by atoms with van der Waals surface area (Å²) in [6, 6.07) is 0. The lowest BCUT2D eigenvalue weighted by atomic mass is 10.1. The highest BCUT2D eigenvalue weighted by molar-refractivity contribution is 5.75. The first-order valence-corrected chi connectivity index (χ1v) is 13.7. The second kappa shape index (κ2) is 22.4. The van der Waals surface area contributed by atoms with E-state index in [1.165, 1.54) is 103 Å². The monoisotopic (exact) mass is 437 g/mol. The molecule has 0 aromatic heterocycles. The molecule has 0 aliphatic carbocycles. The second-order valence-corrected chi connectivity index (χ2v) is 10.5. The summed E-state index contributed by atoms with van der Waals surface area (Å²) in [6.07, 6.45) is 29.3. The fourth-order valence-corrected chi connectivity index (χ4v) is 3.93. The number of amides is 1. The molecule has 0 heterocycles. The van der Waals surface area contributed by atoms with Crippen molar-refractivity contribution >= 4 is 5.91 Å². The molecule has 0 saturated heterocycles. The molecule has 31 heavy (non-hydrogen) atoms. The van der Waals surface area contributed by atoms with Crippen molar-refractivity contribution in [2.45, 2.75) is 129 Å². The molecule has 3 nitrogen and oxygen atoms in total. The van der Waals surface area contributed by atoms with Crippen molar-refractivity contribution in [3.63, 3.8) is 0 Å². The van der Waals surface area contributed by atoms with Crippen molar-refractivity contribution < 1.29 is 9.28 Å². The van der Waals surface area contributed by atoms with Gasteiger partial charge in [-0.1, -0.05) is 96.1 Å². The van der Waals surface area contributed by atoms with Crippen LogP contribution < -0.4 is 5.32 Å². The minimum Gasteiger partial charge on any atom is -0.356 e. The minimum atomic E-state index is 0.238. The van der Waals surface area contributed by atoms with E-state index in [9.17, 15) is 4.79 Å². The third-order valence-electron chi connectivity index (χ3n) is 5.99. The molecule has 0 fully saturated rings. The molecule has 0 atom stereocenters. The maximum atomic E-state index is 11.8. The van der Waals surface area contributed by atoms with Crippen molar-refractivity contribution in [2.24, 2.45) is 0 Å². The number of carbonyl (C=O) groups is 1. The second-order valence-electron chi connectivity index (χ2n) is 10.5. The number of carbonyl (C=O) groups excluding carboxylic acids is 1. The number of quaternary nitrogens is 1. The zero-order valence-corrected chi connectivity index (χ0v) is 21.9. The molecule has 3 heteroatoms. The Kier molecular flexibility index (Phi) is 21.8. The summed E-state index contributed by atoms with van der Waals surface area (Å²) in [5, 5.41) is 3.06. The van der Waals surface area contributed by atoms with Gasteiger partial charge in [-0.25, -0.2) is 0 Å². The van der Waals surface area contributed by atoms with Crippen LogP contribution in [0.25, 0.3) is 0 Å². The van der Waals surface area contributed by atoms with Gasteiger partial charge in [0.2, 0.25) is 5.91 Å². The number of hydrogen-bond donors (Lipinski definition) is 1. The van der Waals surface area contributed by atoms with Gasteiger partial charge in [0.25, 0.3) is 0 Å². The Morgan fingerprint density at radius 2 is 1.10 bits per heavy atom. The van der Waals surface area contributed by atoms with Gasteiger partial charge in [0, 0.05) is 19.4 Å². The molecular formula is C28H57N2O+. The van der Waals surface area contributed by atoms with Gasteiger partial charge in [-0.3, -0.25) is 4.79 Å². The average molecular weight is 438 g/mol. The van der Waals surface area contributed by atoms with Crippen LogP contribution in [0.1, 0.15) is 129 Å². The first-order valence-electron chi connectivity index (χ1n) is 13.7. The van der Waals surface area contributed by atoms with E-state index in [2.05, 4.69) is 45.5 Å². The summed E-state index contributed by atoms with van der Waals surface area (Å²) in [6.45, 7) is 4.21. The standard InChI is InChI=1S/C28H56N2O/c1-5-6-7-8-9-10-11-12-13-14-15-16-17-18-19-20-21-22-23-25-28(31)29-26-24-27-30(2,3)4/h12-13H,5-11,14-27H2,1-4H3/p+1/b13-12-. The number of nitrogens with zero attached hydrogens (tertiary/aromatic N) is 1. The van der Waals surface area contributed by atoms with E-state index < -0.39 is 0 Å². The van der Waals surface area contributed by atoms with Gasteiger partial charge in [0.1, 0.15) is 0 Å². The number of hydrogen-bond acceptors (Lipinski definition) is 1. The summed E-state index contributed by atoms with van der Waals surface area (Å²) in [7, 11) is 6.58. The minimum absolute atomic E-state index is 0.238. The summed E-state index contributed by atoms with van der Waals surface area (Å²) >= 11 is 0. The Balaban J connectivity index is 3.21. The normalized spacial score (nSPS) is 12.0. The van der Waals surface area contributed by atoms with Crippen LogP contribution in [0, 0.1) is 0 Å². The molecule has 0 aromatic carbocycles. The van der Waals surface area contributed by atoms with Gasteiger partial charge >= 0.3 is 0 Å². The number of allylic oxidation sites excluding steroid dienone is 2. The molecule has 0 aliphatic rings. The Labute approximate surface area is 196 Å². The zero-order valence-electron chi connectivity index (χ0n) is 21.9. The van der Waals surface area contributed by atoms with Crippen LogP contribution in [0.4, 0.5) is 0 Å². The van der Waals surface area contributed by atoms with Gasteiger partial charge in [-0.05, 0) is 32.1 Å². The van der Waals surface area contributed by atoms with Gasteiger partial charge in [0.15, 0.2) is 0 Å². The van der Waals surface area contributed by atoms with E-state index in [0.717, 1.165) is 30.4 Å². The lowest BCUT2D eigenvalue weighted by Gasteiger charge is -2.23. The molecule has 0 aromatic rings. The highest BCUT2D eigenvalue weighted by atomic mass is 16.1. The number of unbranched alkanes of at least 4 members (excludes halogenated alkanes) is 15.